The topological polar surface area (TPSA) is 30.5 Å². The van der Waals surface area contributed by atoms with E-state index in [1.165, 1.54) is 17.5 Å². The zero-order chi connectivity index (χ0) is 20.4. The Morgan fingerprint density at radius 2 is 1.50 bits per heavy atom. The highest BCUT2D eigenvalue weighted by Gasteiger charge is 2.31. The van der Waals surface area contributed by atoms with E-state index in [9.17, 15) is 0 Å². The Morgan fingerprint density at radius 3 is 2.07 bits per heavy atom. The van der Waals surface area contributed by atoms with Crippen molar-refractivity contribution < 1.29 is 9.47 Å². The van der Waals surface area contributed by atoms with Gasteiger partial charge in [0.15, 0.2) is 0 Å². The van der Waals surface area contributed by atoms with Gasteiger partial charge in [-0.3, -0.25) is 0 Å². The first-order valence-electron chi connectivity index (χ1n) is 10.5. The lowest BCUT2D eigenvalue weighted by Crippen LogP contribution is -2.30. The van der Waals surface area contributed by atoms with Crippen LogP contribution in [0, 0.1) is 5.92 Å². The lowest BCUT2D eigenvalue weighted by atomic mass is 9.70. The average Bonchev–Trinajstić information content (AvgIpc) is 2.72. The number of ether oxygens (including phenoxy) is 2. The number of benzene rings is 2. The standard InChI is InChI=1S/C25H37NO2/c1-20(2)25(3,22-17-23(27-4)19-24(18-22)28-5)14-10-16-26-15-9-13-21-11-7-6-8-12-21/h6-8,11-12,17-20,26H,9-10,13-16H2,1-5H3. The molecular weight excluding hydrogens is 346 g/mol. The number of aryl methyl sites for hydroxylation is 1. The lowest BCUT2D eigenvalue weighted by Gasteiger charge is -2.35. The molecule has 1 unspecified atom stereocenters. The van der Waals surface area contributed by atoms with E-state index in [4.69, 9.17) is 9.47 Å². The molecular formula is C25H37NO2. The summed E-state index contributed by atoms with van der Waals surface area (Å²) < 4.78 is 11.0. The van der Waals surface area contributed by atoms with E-state index < -0.39 is 0 Å². The number of methoxy groups -OCH3 is 2. The van der Waals surface area contributed by atoms with Gasteiger partial charge in [-0.2, -0.15) is 0 Å². The van der Waals surface area contributed by atoms with Crippen molar-refractivity contribution in [1.29, 1.82) is 0 Å². The van der Waals surface area contributed by atoms with Crippen LogP contribution in [0.3, 0.4) is 0 Å². The van der Waals surface area contributed by atoms with E-state index in [2.05, 4.69) is 68.6 Å². The van der Waals surface area contributed by atoms with Crippen molar-refractivity contribution in [2.24, 2.45) is 5.92 Å². The Balaban J connectivity index is 1.85. The summed E-state index contributed by atoms with van der Waals surface area (Å²) in [5.74, 6) is 2.25. The Bertz CT molecular complexity index is 677. The van der Waals surface area contributed by atoms with Crippen LogP contribution < -0.4 is 14.8 Å². The van der Waals surface area contributed by atoms with Crippen molar-refractivity contribution in [3.05, 3.63) is 59.7 Å². The SMILES string of the molecule is COc1cc(OC)cc(C(C)(CCCNCCCc2ccccc2)C(C)C)c1. The maximum atomic E-state index is 5.49. The molecule has 0 fully saturated rings. The molecule has 2 aromatic rings. The van der Waals surface area contributed by atoms with E-state index in [1.807, 2.05) is 6.07 Å². The van der Waals surface area contributed by atoms with Crippen molar-refractivity contribution in [3.63, 3.8) is 0 Å². The van der Waals surface area contributed by atoms with Gasteiger partial charge in [0.25, 0.3) is 0 Å². The molecule has 1 N–H and O–H groups in total. The normalized spacial score (nSPS) is 13.4. The number of nitrogens with one attached hydrogen (secondary N) is 1. The van der Waals surface area contributed by atoms with Gasteiger partial charge in [0, 0.05) is 6.07 Å². The van der Waals surface area contributed by atoms with Crippen LogP contribution >= 0.6 is 0 Å². The summed E-state index contributed by atoms with van der Waals surface area (Å²) in [7, 11) is 3.43. The third-order valence-corrected chi connectivity index (χ3v) is 6.00. The van der Waals surface area contributed by atoms with Crippen molar-refractivity contribution >= 4 is 0 Å². The van der Waals surface area contributed by atoms with Crippen LogP contribution in [0.15, 0.2) is 48.5 Å². The third-order valence-electron chi connectivity index (χ3n) is 6.00. The van der Waals surface area contributed by atoms with Gasteiger partial charge in [-0.05, 0) is 73.4 Å². The highest BCUT2D eigenvalue weighted by molar-refractivity contribution is 5.42. The lowest BCUT2D eigenvalue weighted by molar-refractivity contribution is 0.300. The summed E-state index contributed by atoms with van der Waals surface area (Å²) in [4.78, 5) is 0. The summed E-state index contributed by atoms with van der Waals surface area (Å²) in [5.41, 5.74) is 2.81. The Hall–Kier alpha value is -2.00. The Kier molecular flexibility index (Phi) is 8.85. The molecule has 2 aromatic carbocycles. The molecule has 0 aliphatic heterocycles. The molecule has 0 saturated heterocycles. The summed E-state index contributed by atoms with van der Waals surface area (Å²) in [6, 6.07) is 17.0. The first-order valence-corrected chi connectivity index (χ1v) is 10.5. The van der Waals surface area contributed by atoms with E-state index in [1.54, 1.807) is 14.2 Å². The number of rotatable bonds is 12. The molecule has 0 aromatic heterocycles. The van der Waals surface area contributed by atoms with Gasteiger partial charge in [0.1, 0.15) is 11.5 Å². The van der Waals surface area contributed by atoms with Gasteiger partial charge >= 0.3 is 0 Å². The zero-order valence-electron chi connectivity index (χ0n) is 18.3. The van der Waals surface area contributed by atoms with Crippen LogP contribution in [0.4, 0.5) is 0 Å². The molecule has 3 heteroatoms. The van der Waals surface area contributed by atoms with Crippen LogP contribution in [0.25, 0.3) is 0 Å². The molecule has 0 aliphatic rings. The Morgan fingerprint density at radius 1 is 0.893 bits per heavy atom. The molecule has 0 spiro atoms. The van der Waals surface area contributed by atoms with Crippen molar-refractivity contribution in [1.82, 2.24) is 5.32 Å². The van der Waals surface area contributed by atoms with Gasteiger partial charge < -0.3 is 14.8 Å². The fourth-order valence-corrected chi connectivity index (χ4v) is 3.67. The smallest absolute Gasteiger partial charge is 0.122 e. The van der Waals surface area contributed by atoms with Gasteiger partial charge in [-0.15, -0.1) is 0 Å². The predicted octanol–water partition coefficient (Wildman–Crippen LogP) is 5.62. The van der Waals surface area contributed by atoms with Crippen LogP contribution in [-0.2, 0) is 11.8 Å². The fraction of sp³-hybridized carbons (Fsp3) is 0.520. The highest BCUT2D eigenvalue weighted by Crippen LogP contribution is 2.39. The Labute approximate surface area is 171 Å². The largest absolute Gasteiger partial charge is 0.497 e. The van der Waals surface area contributed by atoms with E-state index in [0.717, 1.165) is 43.9 Å². The van der Waals surface area contributed by atoms with Gasteiger partial charge in [0.2, 0.25) is 0 Å². The van der Waals surface area contributed by atoms with Crippen LogP contribution in [0.1, 0.15) is 51.2 Å². The average molecular weight is 384 g/mol. The minimum atomic E-state index is 0.0908. The summed E-state index contributed by atoms with van der Waals surface area (Å²) in [5, 5.41) is 3.61. The molecule has 2 rings (SSSR count). The molecule has 0 aliphatic carbocycles. The molecule has 3 nitrogen and oxygen atoms in total. The van der Waals surface area contributed by atoms with Gasteiger partial charge in [-0.1, -0.05) is 51.1 Å². The highest BCUT2D eigenvalue weighted by atomic mass is 16.5. The monoisotopic (exact) mass is 383 g/mol. The molecule has 28 heavy (non-hydrogen) atoms. The second-order valence-electron chi connectivity index (χ2n) is 8.12. The van der Waals surface area contributed by atoms with E-state index >= 15 is 0 Å². The van der Waals surface area contributed by atoms with Gasteiger partial charge in [0.05, 0.1) is 14.2 Å². The summed E-state index contributed by atoms with van der Waals surface area (Å²) in [6.45, 7) is 9.10. The third kappa shape index (κ3) is 6.27. The van der Waals surface area contributed by atoms with Crippen LogP contribution in [0.2, 0.25) is 0 Å². The van der Waals surface area contributed by atoms with Crippen molar-refractivity contribution in [2.45, 2.75) is 51.9 Å². The van der Waals surface area contributed by atoms with Crippen molar-refractivity contribution in [2.75, 3.05) is 27.3 Å². The quantitative estimate of drug-likeness (QED) is 0.483. The van der Waals surface area contributed by atoms with E-state index in [-0.39, 0.29) is 5.41 Å². The number of hydrogen-bond donors (Lipinski definition) is 1. The molecule has 0 saturated carbocycles. The minimum absolute atomic E-state index is 0.0908. The molecule has 0 heterocycles. The number of hydrogen-bond acceptors (Lipinski definition) is 3. The maximum absolute atomic E-state index is 5.49. The fourth-order valence-electron chi connectivity index (χ4n) is 3.67. The molecule has 1 atom stereocenters. The molecule has 0 amide bonds. The molecule has 0 radical (unpaired) electrons. The summed E-state index contributed by atoms with van der Waals surface area (Å²) in [6.07, 6.45) is 4.60. The van der Waals surface area contributed by atoms with E-state index in [0.29, 0.717) is 5.92 Å². The molecule has 154 valence electrons. The first kappa shape index (κ1) is 22.3. The molecule has 0 bridgehead atoms. The van der Waals surface area contributed by atoms with Crippen LogP contribution in [0.5, 0.6) is 11.5 Å². The zero-order valence-corrected chi connectivity index (χ0v) is 18.3. The predicted molar refractivity (Wildman–Crippen MR) is 119 cm³/mol. The van der Waals surface area contributed by atoms with Crippen LogP contribution in [-0.4, -0.2) is 27.3 Å². The maximum Gasteiger partial charge on any atom is 0.122 e. The van der Waals surface area contributed by atoms with Gasteiger partial charge in [-0.25, -0.2) is 0 Å². The first-order chi connectivity index (χ1) is 13.5. The minimum Gasteiger partial charge on any atom is -0.497 e. The second-order valence-corrected chi connectivity index (χ2v) is 8.12. The van der Waals surface area contributed by atoms with Crippen molar-refractivity contribution in [3.8, 4) is 11.5 Å². The summed E-state index contributed by atoms with van der Waals surface area (Å²) >= 11 is 0. The second kappa shape index (κ2) is 11.1.